The average Bonchev–Trinajstić information content (AvgIpc) is 3.98. The molecule has 3 aromatic heterocycles. The molecular formula is C41H51N9O4. The van der Waals surface area contributed by atoms with Gasteiger partial charge in [0, 0.05) is 42.9 Å². The van der Waals surface area contributed by atoms with Gasteiger partial charge in [0.15, 0.2) is 0 Å². The van der Waals surface area contributed by atoms with Gasteiger partial charge in [-0.05, 0) is 53.9 Å². The molecule has 1 saturated heterocycles. The zero-order valence-corrected chi connectivity index (χ0v) is 31.4. The highest BCUT2D eigenvalue weighted by Gasteiger charge is 2.38. The van der Waals surface area contributed by atoms with Gasteiger partial charge in [-0.15, -0.1) is 0 Å². The summed E-state index contributed by atoms with van der Waals surface area (Å²) in [5.74, 6) is 0.994. The smallest absolute Gasteiger partial charge is 0.407 e. The first-order chi connectivity index (χ1) is 26.0. The van der Waals surface area contributed by atoms with E-state index in [1.807, 2.05) is 38.2 Å². The number of allylic oxidation sites excluding steroid dienone is 8. The van der Waals surface area contributed by atoms with Gasteiger partial charge < -0.3 is 30.2 Å². The van der Waals surface area contributed by atoms with E-state index in [4.69, 9.17) is 4.74 Å². The first kappa shape index (κ1) is 39.4. The molecule has 1 aliphatic carbocycles. The number of hydrogen-bond donors (Lipinski definition) is 4. The molecule has 2 fully saturated rings. The number of H-pyrrole nitrogens is 2. The van der Waals surface area contributed by atoms with E-state index in [9.17, 15) is 14.4 Å². The van der Waals surface area contributed by atoms with Crippen molar-refractivity contribution in [2.45, 2.75) is 76.9 Å². The molecule has 0 aromatic carbocycles. The van der Waals surface area contributed by atoms with Crippen molar-refractivity contribution >= 4 is 29.1 Å². The number of carbonyl (C=O) groups excluding carboxylic acids is 3. The number of hydrogen-bond acceptors (Lipinski definition) is 8. The number of aromatic nitrogens is 6. The number of aromatic amines is 2. The number of nitrogens with zero attached hydrogens (tertiary/aromatic N) is 5. The van der Waals surface area contributed by atoms with Crippen LogP contribution in [0.15, 0.2) is 92.9 Å². The van der Waals surface area contributed by atoms with E-state index in [0.29, 0.717) is 35.6 Å². The number of alkyl carbamates (subject to hydrolysis) is 1. The summed E-state index contributed by atoms with van der Waals surface area (Å²) < 4.78 is 4.73. The van der Waals surface area contributed by atoms with Gasteiger partial charge in [-0.2, -0.15) is 0 Å². The molecule has 0 spiro atoms. The van der Waals surface area contributed by atoms with Gasteiger partial charge in [-0.25, -0.2) is 24.7 Å². The molecule has 284 valence electrons. The predicted molar refractivity (Wildman–Crippen MR) is 208 cm³/mol. The third-order valence-corrected chi connectivity index (χ3v) is 10.0. The Kier molecular flexibility index (Phi) is 13.3. The zero-order valence-electron chi connectivity index (χ0n) is 31.4. The van der Waals surface area contributed by atoms with Gasteiger partial charge in [-0.3, -0.25) is 9.59 Å². The molecule has 3 unspecified atom stereocenters. The predicted octanol–water partition coefficient (Wildman–Crippen LogP) is 6.51. The maximum absolute atomic E-state index is 13.5. The van der Waals surface area contributed by atoms with Gasteiger partial charge in [-0.1, -0.05) is 77.3 Å². The lowest BCUT2D eigenvalue weighted by Gasteiger charge is -2.30. The fourth-order valence-corrected chi connectivity index (χ4v) is 6.86. The van der Waals surface area contributed by atoms with Crippen molar-refractivity contribution in [1.82, 2.24) is 45.4 Å². The van der Waals surface area contributed by atoms with Crippen LogP contribution < -0.4 is 10.6 Å². The number of carbonyl (C=O) groups is 3. The summed E-state index contributed by atoms with van der Waals surface area (Å²) in [6.45, 7) is 21.5. The summed E-state index contributed by atoms with van der Waals surface area (Å²) in [6.07, 6.45) is 20.4. The van der Waals surface area contributed by atoms with Gasteiger partial charge >= 0.3 is 6.09 Å². The van der Waals surface area contributed by atoms with E-state index < -0.39 is 12.1 Å². The van der Waals surface area contributed by atoms with Gasteiger partial charge in [0.1, 0.15) is 24.0 Å². The molecule has 4 heterocycles. The molecule has 0 radical (unpaired) electrons. The molecule has 54 heavy (non-hydrogen) atoms. The Morgan fingerprint density at radius 2 is 1.48 bits per heavy atom. The van der Waals surface area contributed by atoms with Crippen molar-refractivity contribution in [3.63, 3.8) is 0 Å². The summed E-state index contributed by atoms with van der Waals surface area (Å²) >= 11 is 0. The Balaban J connectivity index is 1.14. The standard InChI is InChI=1S/C41H51N9O4/c1-25(2)36(49-41(53)54-7)40(52)50-18-10-13-35(50)38-45-23-34(48-38)29(6)17-15-27(4)26(3)14-16-28(5)33-22-44-37(47-33)31-11-8-9-12-32(31)39(51)46-21-30-19-42-24-43-20-30/h14-17,19-20,22-25,31-32,35-36H,3-6,8-13,18,21H2,1-2,7H3,(H,44,47)(H,45,48)(H,46,51)(H,49,53)/b16-14-,17-15-/t31-,32?,35?,36?/m1/s1. The fraction of sp³-hybridized carbons (Fsp3) is 0.390. The summed E-state index contributed by atoms with van der Waals surface area (Å²) in [6, 6.07) is -0.948. The number of imidazole rings is 2. The molecule has 1 aliphatic heterocycles. The number of nitrogens with one attached hydrogen (secondary N) is 4. The van der Waals surface area contributed by atoms with Crippen molar-refractivity contribution in [2.24, 2.45) is 11.8 Å². The number of methoxy groups -OCH3 is 1. The van der Waals surface area contributed by atoms with E-state index in [-0.39, 0.29) is 35.6 Å². The van der Waals surface area contributed by atoms with Crippen LogP contribution in [-0.4, -0.2) is 72.4 Å². The molecule has 4 atom stereocenters. The Bertz CT molecular complexity index is 1920. The molecule has 13 heteroatoms. The maximum atomic E-state index is 13.5. The van der Waals surface area contributed by atoms with E-state index in [1.165, 1.54) is 13.4 Å². The van der Waals surface area contributed by atoms with Crippen LogP contribution in [-0.2, 0) is 20.9 Å². The second-order valence-corrected chi connectivity index (χ2v) is 14.1. The lowest BCUT2D eigenvalue weighted by Crippen LogP contribution is -2.51. The monoisotopic (exact) mass is 733 g/mol. The molecule has 0 bridgehead atoms. The number of likely N-dealkylation sites (tertiary alicyclic amines) is 1. The van der Waals surface area contributed by atoms with Crippen molar-refractivity contribution in [2.75, 3.05) is 13.7 Å². The lowest BCUT2D eigenvalue weighted by atomic mass is 9.78. The molecule has 13 nitrogen and oxygen atoms in total. The summed E-state index contributed by atoms with van der Waals surface area (Å²) in [4.78, 5) is 64.4. The highest BCUT2D eigenvalue weighted by Crippen LogP contribution is 2.37. The van der Waals surface area contributed by atoms with Crippen molar-refractivity contribution < 1.29 is 19.1 Å². The van der Waals surface area contributed by atoms with Crippen molar-refractivity contribution in [3.8, 4) is 0 Å². The van der Waals surface area contributed by atoms with Crippen molar-refractivity contribution in [3.05, 3.63) is 121 Å². The number of rotatable bonds is 15. The third-order valence-electron chi connectivity index (χ3n) is 10.0. The zero-order chi connectivity index (χ0) is 38.8. The molecular weight excluding hydrogens is 683 g/mol. The van der Waals surface area contributed by atoms with Crippen LogP contribution in [0.4, 0.5) is 4.79 Å². The molecule has 4 N–H and O–H groups in total. The Labute approximate surface area is 316 Å². The van der Waals surface area contributed by atoms with Gasteiger partial charge in [0.05, 0.1) is 36.9 Å². The Morgan fingerprint density at radius 1 is 0.870 bits per heavy atom. The SMILES string of the molecule is C=C(/C=C\C(=C)c1cnc(C2CCCN2C(=O)C(NC(=O)OC)C(C)C)[nH]1)C(=C)/C=C\C(=C)c1cnc([C@@H]2CCCCC2C(=O)NCc2cncnc2)[nH]1. The van der Waals surface area contributed by atoms with Crippen LogP contribution in [0.5, 0.6) is 0 Å². The summed E-state index contributed by atoms with van der Waals surface area (Å²) in [5.41, 5.74) is 5.14. The second kappa shape index (κ2) is 18.3. The summed E-state index contributed by atoms with van der Waals surface area (Å²) in [7, 11) is 1.28. The van der Waals surface area contributed by atoms with Crippen LogP contribution in [0.25, 0.3) is 11.1 Å². The average molecular weight is 734 g/mol. The molecule has 2 aliphatic rings. The molecule has 5 rings (SSSR count). The lowest BCUT2D eigenvalue weighted by molar-refractivity contribution is -0.135. The van der Waals surface area contributed by atoms with Crippen LogP contribution in [0.3, 0.4) is 0 Å². The van der Waals surface area contributed by atoms with E-state index in [0.717, 1.165) is 66.9 Å². The van der Waals surface area contributed by atoms with Crippen LogP contribution in [0.2, 0.25) is 0 Å². The fourth-order valence-electron chi connectivity index (χ4n) is 6.86. The minimum absolute atomic E-state index is 0.0114. The second-order valence-electron chi connectivity index (χ2n) is 14.1. The number of amides is 3. The van der Waals surface area contributed by atoms with E-state index in [2.05, 4.69) is 66.9 Å². The quantitative estimate of drug-likeness (QED) is 0.128. The molecule has 3 aromatic rings. The van der Waals surface area contributed by atoms with Crippen LogP contribution in [0, 0.1) is 11.8 Å². The minimum Gasteiger partial charge on any atom is -0.453 e. The largest absolute Gasteiger partial charge is 0.453 e. The third kappa shape index (κ3) is 9.77. The van der Waals surface area contributed by atoms with Crippen LogP contribution in [0.1, 0.15) is 92.9 Å². The highest BCUT2D eigenvalue weighted by atomic mass is 16.5. The Hall–Kier alpha value is -5.85. The first-order valence-electron chi connectivity index (χ1n) is 18.4. The minimum atomic E-state index is -0.705. The summed E-state index contributed by atoms with van der Waals surface area (Å²) in [5, 5.41) is 5.72. The van der Waals surface area contributed by atoms with E-state index >= 15 is 0 Å². The normalized spacial score (nSPS) is 19.2. The maximum Gasteiger partial charge on any atom is 0.407 e. The van der Waals surface area contributed by atoms with E-state index in [1.54, 1.807) is 29.7 Å². The molecule has 3 amide bonds. The highest BCUT2D eigenvalue weighted by molar-refractivity contribution is 5.86. The number of ether oxygens (including phenoxy) is 1. The van der Waals surface area contributed by atoms with Gasteiger partial charge in [0.25, 0.3) is 0 Å². The molecule has 1 saturated carbocycles. The topological polar surface area (TPSA) is 171 Å². The van der Waals surface area contributed by atoms with Gasteiger partial charge in [0.2, 0.25) is 11.8 Å². The van der Waals surface area contributed by atoms with Crippen LogP contribution >= 0.6 is 0 Å². The van der Waals surface area contributed by atoms with Crippen molar-refractivity contribution in [1.29, 1.82) is 0 Å². The Morgan fingerprint density at radius 3 is 2.11 bits per heavy atom. The first-order valence-corrected chi connectivity index (χ1v) is 18.4.